The van der Waals surface area contributed by atoms with Crippen molar-refractivity contribution >= 4 is 34.6 Å². The highest BCUT2D eigenvalue weighted by atomic mass is 35.5. The lowest BCUT2D eigenvalue weighted by Crippen LogP contribution is -2.52. The van der Waals surface area contributed by atoms with E-state index in [1.807, 2.05) is 24.4 Å². The van der Waals surface area contributed by atoms with Gasteiger partial charge in [0.25, 0.3) is 0 Å². The van der Waals surface area contributed by atoms with E-state index in [-0.39, 0.29) is 0 Å². The zero-order valence-corrected chi connectivity index (χ0v) is 17.0. The number of thiazole rings is 1. The minimum atomic E-state index is 0.768. The number of hydrogen-bond donors (Lipinski definition) is 1. The summed E-state index contributed by atoms with van der Waals surface area (Å²) >= 11 is 7.88. The lowest BCUT2D eigenvalue weighted by molar-refractivity contribution is 0.372. The number of guanidine groups is 1. The first kappa shape index (κ1) is 19.0. The van der Waals surface area contributed by atoms with E-state index in [4.69, 9.17) is 16.6 Å². The largest absolute Gasteiger partial charge is 0.368 e. The van der Waals surface area contributed by atoms with Gasteiger partial charge < -0.3 is 15.1 Å². The van der Waals surface area contributed by atoms with Crippen LogP contribution in [-0.2, 0) is 6.42 Å². The Labute approximate surface area is 164 Å². The van der Waals surface area contributed by atoms with Gasteiger partial charge in [0.15, 0.2) is 5.96 Å². The maximum absolute atomic E-state index is 6.12. The highest BCUT2D eigenvalue weighted by Crippen LogP contribution is 2.20. The molecule has 1 aromatic carbocycles. The fourth-order valence-electron chi connectivity index (χ4n) is 3.05. The lowest BCUT2D eigenvalue weighted by Gasteiger charge is -2.37. The van der Waals surface area contributed by atoms with Crippen molar-refractivity contribution in [3.8, 4) is 0 Å². The number of halogens is 1. The second-order valence-electron chi connectivity index (χ2n) is 6.30. The van der Waals surface area contributed by atoms with Gasteiger partial charge in [-0.3, -0.25) is 4.99 Å². The molecule has 0 unspecified atom stereocenters. The smallest absolute Gasteiger partial charge is 0.194 e. The molecule has 1 aromatic heterocycles. The van der Waals surface area contributed by atoms with E-state index in [2.05, 4.69) is 40.0 Å². The van der Waals surface area contributed by atoms with Crippen molar-refractivity contribution in [1.29, 1.82) is 0 Å². The summed E-state index contributed by atoms with van der Waals surface area (Å²) in [6.45, 7) is 9.69. The van der Waals surface area contributed by atoms with E-state index in [1.54, 1.807) is 11.3 Å². The van der Waals surface area contributed by atoms with Crippen LogP contribution < -0.4 is 10.2 Å². The summed E-state index contributed by atoms with van der Waals surface area (Å²) in [4.78, 5) is 15.2. The van der Waals surface area contributed by atoms with E-state index in [9.17, 15) is 0 Å². The van der Waals surface area contributed by atoms with Crippen molar-refractivity contribution in [3.63, 3.8) is 0 Å². The van der Waals surface area contributed by atoms with Gasteiger partial charge in [0.1, 0.15) is 0 Å². The van der Waals surface area contributed by atoms with Crippen LogP contribution in [0.3, 0.4) is 0 Å². The summed E-state index contributed by atoms with van der Waals surface area (Å²) < 4.78 is 0. The summed E-state index contributed by atoms with van der Waals surface area (Å²) in [7, 11) is 0. The average Bonchev–Trinajstić information content (AvgIpc) is 3.06. The molecular formula is C19H26ClN5S. The van der Waals surface area contributed by atoms with Crippen molar-refractivity contribution in [2.45, 2.75) is 20.3 Å². The molecule has 26 heavy (non-hydrogen) atoms. The molecule has 3 rings (SSSR count). The van der Waals surface area contributed by atoms with Gasteiger partial charge in [0, 0.05) is 67.5 Å². The van der Waals surface area contributed by atoms with Crippen LogP contribution in [-0.4, -0.2) is 55.1 Å². The van der Waals surface area contributed by atoms with Crippen LogP contribution in [0.5, 0.6) is 0 Å². The van der Waals surface area contributed by atoms with Gasteiger partial charge in [-0.1, -0.05) is 17.7 Å². The summed E-state index contributed by atoms with van der Waals surface area (Å²) in [5.41, 5.74) is 1.19. The first-order valence-electron chi connectivity index (χ1n) is 9.11. The molecule has 0 radical (unpaired) electrons. The van der Waals surface area contributed by atoms with Gasteiger partial charge in [0.05, 0.1) is 5.01 Å². The Morgan fingerprint density at radius 2 is 2.12 bits per heavy atom. The van der Waals surface area contributed by atoms with E-state index >= 15 is 0 Å². The monoisotopic (exact) mass is 391 g/mol. The zero-order valence-electron chi connectivity index (χ0n) is 15.4. The molecule has 0 atom stereocenters. The van der Waals surface area contributed by atoms with Crippen LogP contribution in [0.2, 0.25) is 5.02 Å². The van der Waals surface area contributed by atoms with E-state index in [0.29, 0.717) is 0 Å². The molecule has 1 saturated heterocycles. The number of benzene rings is 1. The Morgan fingerprint density at radius 1 is 1.31 bits per heavy atom. The van der Waals surface area contributed by atoms with Gasteiger partial charge in [-0.15, -0.1) is 11.3 Å². The molecule has 1 N–H and O–H groups in total. The first-order chi connectivity index (χ1) is 12.7. The average molecular weight is 392 g/mol. The molecule has 1 fully saturated rings. The Morgan fingerprint density at radius 3 is 2.77 bits per heavy atom. The highest BCUT2D eigenvalue weighted by Gasteiger charge is 2.19. The third-order valence-electron chi connectivity index (χ3n) is 4.34. The van der Waals surface area contributed by atoms with Crippen LogP contribution in [0.25, 0.3) is 0 Å². The Balaban J connectivity index is 1.56. The predicted molar refractivity (Wildman–Crippen MR) is 112 cm³/mol. The van der Waals surface area contributed by atoms with Gasteiger partial charge in [-0.05, 0) is 32.0 Å². The standard InChI is InChI=1S/C19H26ClN5S/c1-3-21-19(22-8-7-18-23-14-15(2)26-18)25-11-9-24(10-12-25)17-6-4-5-16(20)13-17/h4-6,13-14H,3,7-12H2,1-2H3,(H,21,22). The first-order valence-corrected chi connectivity index (χ1v) is 10.3. The SMILES string of the molecule is CCNC(=NCCc1ncc(C)s1)N1CCN(c2cccc(Cl)c2)CC1. The Hall–Kier alpha value is -1.79. The fraction of sp³-hybridized carbons (Fsp3) is 0.474. The number of nitrogens with zero attached hydrogens (tertiary/aromatic N) is 4. The zero-order chi connectivity index (χ0) is 18.4. The minimum Gasteiger partial charge on any atom is -0.368 e. The number of nitrogens with one attached hydrogen (secondary N) is 1. The van der Waals surface area contributed by atoms with Gasteiger partial charge in [0.2, 0.25) is 0 Å². The topological polar surface area (TPSA) is 43.8 Å². The maximum atomic E-state index is 6.12. The molecule has 0 bridgehead atoms. The summed E-state index contributed by atoms with van der Waals surface area (Å²) in [6.07, 6.45) is 2.83. The second kappa shape index (κ2) is 9.24. The molecule has 0 aliphatic carbocycles. The molecule has 1 aliphatic rings. The van der Waals surface area contributed by atoms with Gasteiger partial charge in [-0.2, -0.15) is 0 Å². The van der Waals surface area contributed by atoms with Crippen LogP contribution in [0.1, 0.15) is 16.8 Å². The van der Waals surface area contributed by atoms with Crippen LogP contribution in [0.15, 0.2) is 35.5 Å². The number of piperazine rings is 1. The van der Waals surface area contributed by atoms with Gasteiger partial charge in [-0.25, -0.2) is 4.98 Å². The van der Waals surface area contributed by atoms with E-state index in [1.165, 1.54) is 10.6 Å². The predicted octanol–water partition coefficient (Wildman–Crippen LogP) is 3.44. The highest BCUT2D eigenvalue weighted by molar-refractivity contribution is 7.11. The number of rotatable bonds is 5. The van der Waals surface area contributed by atoms with Crippen molar-refractivity contribution in [2.24, 2.45) is 4.99 Å². The number of aliphatic imine (C=N–C) groups is 1. The number of aryl methyl sites for hydroxylation is 1. The van der Waals surface area contributed by atoms with Crippen molar-refractivity contribution in [2.75, 3.05) is 44.2 Å². The van der Waals surface area contributed by atoms with Crippen LogP contribution >= 0.6 is 22.9 Å². The number of anilines is 1. The maximum Gasteiger partial charge on any atom is 0.194 e. The molecule has 0 amide bonds. The molecule has 2 aromatic rings. The third kappa shape index (κ3) is 5.11. The molecule has 5 nitrogen and oxygen atoms in total. The summed E-state index contributed by atoms with van der Waals surface area (Å²) in [5, 5.41) is 5.38. The minimum absolute atomic E-state index is 0.768. The quantitative estimate of drug-likeness (QED) is 0.626. The molecular weight excluding hydrogens is 366 g/mol. The summed E-state index contributed by atoms with van der Waals surface area (Å²) in [6, 6.07) is 8.08. The molecule has 0 spiro atoms. The number of aromatic nitrogens is 1. The third-order valence-corrected chi connectivity index (χ3v) is 5.55. The van der Waals surface area contributed by atoms with Crippen LogP contribution in [0, 0.1) is 6.92 Å². The molecule has 1 aliphatic heterocycles. The normalized spacial score (nSPS) is 15.4. The number of hydrogen-bond acceptors (Lipinski definition) is 4. The van der Waals surface area contributed by atoms with Gasteiger partial charge >= 0.3 is 0 Å². The molecule has 7 heteroatoms. The van der Waals surface area contributed by atoms with Crippen molar-refractivity contribution in [1.82, 2.24) is 15.2 Å². The molecule has 2 heterocycles. The lowest BCUT2D eigenvalue weighted by atomic mass is 10.2. The van der Waals surface area contributed by atoms with Crippen molar-refractivity contribution < 1.29 is 0 Å². The Bertz CT molecular complexity index is 737. The van der Waals surface area contributed by atoms with Crippen molar-refractivity contribution in [3.05, 3.63) is 45.4 Å². The van der Waals surface area contributed by atoms with Crippen LogP contribution in [0.4, 0.5) is 5.69 Å². The van der Waals surface area contributed by atoms with E-state index in [0.717, 1.165) is 61.7 Å². The molecule has 0 saturated carbocycles. The Kier molecular flexibility index (Phi) is 6.74. The van der Waals surface area contributed by atoms with E-state index < -0.39 is 0 Å². The molecule has 140 valence electrons. The summed E-state index contributed by atoms with van der Waals surface area (Å²) in [5.74, 6) is 1.01. The second-order valence-corrected chi connectivity index (χ2v) is 8.06. The fourth-order valence-corrected chi connectivity index (χ4v) is 4.01.